The monoisotopic (exact) mass is 606 g/mol. The molecule has 8 rings (SSSR count). The summed E-state index contributed by atoms with van der Waals surface area (Å²) in [5.74, 6) is 0.925. The molecule has 0 radical (unpaired) electrons. The number of amides is 1. The van der Waals surface area contributed by atoms with Gasteiger partial charge in [-0.15, -0.1) is 11.3 Å². The standard InChI is InChI=1S/C35H38N6O2S/c1-24-37-30-9-5-6-10-31(30)41(24)28-21-26-11-12-27(22-28)39(26)18-15-35(25-7-3-2-4-8-25)13-16-38(17-14-35)32(42)29-23-36-34-40(33(29)43)19-20-44-34/h2-10,19-20,23,26-28H,11-18,21-22H2,1H3/t26-,27+,28?. The Labute approximate surface area is 261 Å². The molecule has 6 heterocycles. The number of thiazole rings is 1. The highest BCUT2D eigenvalue weighted by Gasteiger charge is 2.44. The topological polar surface area (TPSA) is 75.7 Å². The molecule has 8 nitrogen and oxygen atoms in total. The van der Waals surface area contributed by atoms with E-state index in [1.165, 1.54) is 58.7 Å². The summed E-state index contributed by atoms with van der Waals surface area (Å²) in [6.07, 6.45) is 10.9. The number of aryl methyl sites for hydroxylation is 1. The van der Waals surface area contributed by atoms with Crippen LogP contribution in [-0.4, -0.2) is 66.4 Å². The van der Waals surface area contributed by atoms with Gasteiger partial charge in [0.05, 0.1) is 11.0 Å². The Morgan fingerprint density at radius 1 is 0.977 bits per heavy atom. The third-order valence-corrected chi connectivity index (χ3v) is 11.6. The van der Waals surface area contributed by atoms with Crippen LogP contribution in [0.4, 0.5) is 0 Å². The molecule has 0 saturated carbocycles. The Kier molecular flexibility index (Phi) is 6.90. The fraction of sp³-hybridized carbons (Fsp3) is 0.429. The van der Waals surface area contributed by atoms with Gasteiger partial charge in [0.2, 0.25) is 0 Å². The molecule has 5 aromatic rings. The summed E-state index contributed by atoms with van der Waals surface area (Å²) in [7, 11) is 0. The van der Waals surface area contributed by atoms with Crippen molar-refractivity contribution in [2.75, 3.05) is 19.6 Å². The van der Waals surface area contributed by atoms with Crippen LogP contribution in [-0.2, 0) is 5.41 Å². The zero-order valence-corrected chi connectivity index (χ0v) is 26.0. The van der Waals surface area contributed by atoms with Gasteiger partial charge in [-0.3, -0.25) is 18.9 Å². The number of carbonyl (C=O) groups is 1. The molecule has 3 atom stereocenters. The van der Waals surface area contributed by atoms with Gasteiger partial charge in [-0.1, -0.05) is 42.5 Å². The molecule has 1 amide bonds. The molecule has 2 bridgehead atoms. The van der Waals surface area contributed by atoms with Gasteiger partial charge in [0, 0.05) is 49.0 Å². The zero-order chi connectivity index (χ0) is 29.8. The summed E-state index contributed by atoms with van der Waals surface area (Å²) in [5.41, 5.74) is 3.63. The third kappa shape index (κ3) is 4.59. The maximum atomic E-state index is 13.5. The number of nitrogens with zero attached hydrogens (tertiary/aromatic N) is 6. The van der Waals surface area contributed by atoms with Gasteiger partial charge in [0.1, 0.15) is 11.4 Å². The van der Waals surface area contributed by atoms with Crippen LogP contribution in [0.1, 0.15) is 72.7 Å². The van der Waals surface area contributed by atoms with Crippen LogP contribution >= 0.6 is 11.3 Å². The minimum atomic E-state index is -0.279. The molecule has 1 unspecified atom stereocenters. The van der Waals surface area contributed by atoms with E-state index in [-0.39, 0.29) is 22.4 Å². The van der Waals surface area contributed by atoms with Crippen LogP contribution in [0.25, 0.3) is 16.0 Å². The van der Waals surface area contributed by atoms with Gasteiger partial charge < -0.3 is 9.47 Å². The lowest BCUT2D eigenvalue weighted by atomic mass is 9.70. The predicted octanol–water partition coefficient (Wildman–Crippen LogP) is 5.85. The maximum absolute atomic E-state index is 13.5. The quantitative estimate of drug-likeness (QED) is 0.243. The number of benzene rings is 2. The van der Waals surface area contributed by atoms with Gasteiger partial charge in [-0.05, 0) is 81.5 Å². The second-order valence-electron chi connectivity index (χ2n) is 13.0. The number of imidazole rings is 1. The lowest BCUT2D eigenvalue weighted by molar-refractivity contribution is 0.0605. The van der Waals surface area contributed by atoms with Crippen LogP contribution in [0.15, 0.2) is 77.2 Å². The first kappa shape index (κ1) is 27.7. The Morgan fingerprint density at radius 3 is 2.48 bits per heavy atom. The van der Waals surface area contributed by atoms with Crippen LogP contribution in [0.5, 0.6) is 0 Å². The van der Waals surface area contributed by atoms with Crippen molar-refractivity contribution in [3.05, 3.63) is 99.7 Å². The Hall–Kier alpha value is -3.82. The summed E-state index contributed by atoms with van der Waals surface area (Å²) in [5, 5.41) is 1.82. The molecule has 9 heteroatoms. The predicted molar refractivity (Wildman–Crippen MR) is 173 cm³/mol. The van der Waals surface area contributed by atoms with Gasteiger partial charge in [-0.25, -0.2) is 9.97 Å². The van der Waals surface area contributed by atoms with Crippen LogP contribution < -0.4 is 5.56 Å². The average Bonchev–Trinajstić information content (AvgIpc) is 3.73. The van der Waals surface area contributed by atoms with Crippen molar-refractivity contribution in [2.24, 2.45) is 0 Å². The SMILES string of the molecule is Cc1nc2ccccc2n1C1C[C@H]2CC[C@@H](C1)N2CCC1(c2ccccc2)CCN(C(=O)c2cnc3sccn3c2=O)CC1. The molecule has 3 aromatic heterocycles. The molecule has 0 aliphatic carbocycles. The van der Waals surface area contributed by atoms with Crippen molar-refractivity contribution in [3.8, 4) is 0 Å². The van der Waals surface area contributed by atoms with Crippen molar-refractivity contribution in [1.29, 1.82) is 0 Å². The summed E-state index contributed by atoms with van der Waals surface area (Å²) < 4.78 is 3.98. The first-order valence-electron chi connectivity index (χ1n) is 16.0. The Morgan fingerprint density at radius 2 is 1.70 bits per heavy atom. The molecular weight excluding hydrogens is 568 g/mol. The van der Waals surface area contributed by atoms with Crippen molar-refractivity contribution in [2.45, 2.75) is 75.4 Å². The molecule has 0 N–H and O–H groups in total. The number of piperidine rings is 2. The maximum Gasteiger partial charge on any atom is 0.271 e. The number of aromatic nitrogens is 4. The van der Waals surface area contributed by atoms with Gasteiger partial charge in [-0.2, -0.15) is 0 Å². The second-order valence-corrected chi connectivity index (χ2v) is 13.9. The van der Waals surface area contributed by atoms with Crippen LogP contribution in [0, 0.1) is 6.92 Å². The van der Waals surface area contributed by atoms with E-state index in [2.05, 4.69) is 76.0 Å². The molecule has 226 valence electrons. The van der Waals surface area contributed by atoms with Crippen molar-refractivity contribution < 1.29 is 4.79 Å². The Balaban J connectivity index is 0.989. The number of hydrogen-bond donors (Lipinski definition) is 0. The van der Waals surface area contributed by atoms with E-state index in [9.17, 15) is 9.59 Å². The van der Waals surface area contributed by atoms with E-state index in [0.717, 1.165) is 37.1 Å². The van der Waals surface area contributed by atoms with Gasteiger partial charge in [0.25, 0.3) is 11.5 Å². The van der Waals surface area contributed by atoms with Gasteiger partial charge in [0.15, 0.2) is 4.96 Å². The molecule has 3 aliphatic heterocycles. The molecule has 0 spiro atoms. The largest absolute Gasteiger partial charge is 0.338 e. The van der Waals surface area contributed by atoms with Crippen molar-refractivity contribution in [1.82, 2.24) is 28.7 Å². The minimum Gasteiger partial charge on any atom is -0.338 e. The highest BCUT2D eigenvalue weighted by Crippen LogP contribution is 2.45. The van der Waals surface area contributed by atoms with E-state index in [4.69, 9.17) is 4.98 Å². The van der Waals surface area contributed by atoms with E-state index in [1.807, 2.05) is 10.3 Å². The lowest BCUT2D eigenvalue weighted by Crippen LogP contribution is -2.49. The number of rotatable bonds is 6. The summed E-state index contributed by atoms with van der Waals surface area (Å²) in [4.78, 5) is 41.1. The first-order chi connectivity index (χ1) is 21.5. The minimum absolute atomic E-state index is 0.00999. The summed E-state index contributed by atoms with van der Waals surface area (Å²) in [6.45, 7) is 4.51. The highest BCUT2D eigenvalue weighted by atomic mass is 32.1. The number of likely N-dealkylation sites (tertiary alicyclic amines) is 1. The van der Waals surface area contributed by atoms with E-state index < -0.39 is 0 Å². The normalized spacial score (nSPS) is 23.5. The van der Waals surface area contributed by atoms with Gasteiger partial charge >= 0.3 is 0 Å². The summed E-state index contributed by atoms with van der Waals surface area (Å²) >= 11 is 1.40. The zero-order valence-electron chi connectivity index (χ0n) is 25.1. The molecule has 3 aliphatic rings. The van der Waals surface area contributed by atoms with E-state index in [1.54, 1.807) is 6.20 Å². The smallest absolute Gasteiger partial charge is 0.271 e. The number of hydrogen-bond acceptors (Lipinski definition) is 6. The van der Waals surface area contributed by atoms with E-state index in [0.29, 0.717) is 36.2 Å². The molecule has 2 aromatic carbocycles. The number of carbonyl (C=O) groups excluding carboxylic acids is 1. The average molecular weight is 607 g/mol. The highest BCUT2D eigenvalue weighted by molar-refractivity contribution is 7.15. The van der Waals surface area contributed by atoms with Crippen LogP contribution in [0.3, 0.4) is 0 Å². The summed E-state index contributed by atoms with van der Waals surface area (Å²) in [6, 6.07) is 21.2. The van der Waals surface area contributed by atoms with Crippen LogP contribution in [0.2, 0.25) is 0 Å². The third-order valence-electron chi connectivity index (χ3n) is 10.8. The molecule has 44 heavy (non-hydrogen) atoms. The second kappa shape index (κ2) is 11.0. The fourth-order valence-electron chi connectivity index (χ4n) is 8.54. The fourth-order valence-corrected chi connectivity index (χ4v) is 9.22. The molecule has 3 saturated heterocycles. The van der Waals surface area contributed by atoms with Crippen molar-refractivity contribution in [3.63, 3.8) is 0 Å². The number of para-hydroxylation sites is 2. The van der Waals surface area contributed by atoms with Crippen molar-refractivity contribution >= 4 is 33.2 Å². The first-order valence-corrected chi connectivity index (χ1v) is 16.9. The molecule has 3 fully saturated rings. The molecular formula is C35H38N6O2S. The lowest BCUT2D eigenvalue weighted by Gasteiger charge is -2.45. The van der Waals surface area contributed by atoms with E-state index >= 15 is 0 Å². The Bertz CT molecular complexity index is 1870. The number of fused-ring (bicyclic) bond motifs is 4.